The third-order valence-electron chi connectivity index (χ3n) is 12.6. The van der Waals surface area contributed by atoms with E-state index in [0.717, 1.165) is 11.8 Å². The highest BCUT2D eigenvalue weighted by Gasteiger charge is 2.27. The summed E-state index contributed by atoms with van der Waals surface area (Å²) in [6, 6.07) is 11.1. The van der Waals surface area contributed by atoms with E-state index in [0.29, 0.717) is 0 Å². The molecule has 3 unspecified atom stereocenters. The maximum Gasteiger partial charge on any atom is 0.134 e. The quantitative estimate of drug-likeness (QED) is 0.0518. The standard InChI is InChI=1S/C21H37N.4C7H15.Al/c1-5-8-13-20(7-3)16-17-22(18-19(4)12-6-2)21-14-10-9-11-15-21;4*1-3-5-7-6-4-2;/h9-11,14-15,19-20H,5-8,12-13,16-18H2,1-4H3;4*1,3-7H2,2H3;/q;;;;;-1/p+1. The van der Waals surface area contributed by atoms with Crippen molar-refractivity contribution in [3.8, 4) is 0 Å². The average molecular weight is 728 g/mol. The van der Waals surface area contributed by atoms with Crippen molar-refractivity contribution in [2.75, 3.05) is 13.1 Å². The topological polar surface area (TPSA) is 4.44 Å². The summed E-state index contributed by atoms with van der Waals surface area (Å²) in [6.07, 6.45) is 39.3. The molecule has 0 aliphatic rings. The van der Waals surface area contributed by atoms with Crippen LogP contribution in [0.15, 0.2) is 30.3 Å². The Kier molecular flexibility index (Phi) is 37.8. The lowest BCUT2D eigenvalue weighted by atomic mass is 9.95. The number of nitrogens with one attached hydrogen (secondary N) is 1. The molecule has 1 aromatic carbocycles. The van der Waals surface area contributed by atoms with Gasteiger partial charge < -0.3 is 4.90 Å². The maximum atomic E-state index is 2.42. The second-order valence-corrected chi connectivity index (χ2v) is 23.3. The van der Waals surface area contributed by atoms with E-state index < -0.39 is 13.1 Å². The van der Waals surface area contributed by atoms with Crippen molar-refractivity contribution < 1.29 is 4.90 Å². The minimum absolute atomic E-state index is 0.816. The van der Waals surface area contributed by atoms with Crippen molar-refractivity contribution in [2.24, 2.45) is 11.8 Å². The normalized spacial score (nSPS) is 13.5. The van der Waals surface area contributed by atoms with Crippen molar-refractivity contribution in [1.29, 1.82) is 0 Å². The highest BCUT2D eigenvalue weighted by Crippen LogP contribution is 2.35. The van der Waals surface area contributed by atoms with Gasteiger partial charge >= 0.3 is 0 Å². The Morgan fingerprint density at radius 1 is 0.451 bits per heavy atom. The molecule has 0 aliphatic carbocycles. The first-order valence-corrected chi connectivity index (χ1v) is 27.3. The van der Waals surface area contributed by atoms with E-state index in [4.69, 9.17) is 0 Å². The van der Waals surface area contributed by atoms with E-state index in [1.807, 2.05) is 0 Å². The first-order valence-electron chi connectivity index (χ1n) is 24.1. The first kappa shape index (κ1) is 50.7. The Balaban J connectivity index is 0.00000102. The Bertz CT molecular complexity index is 731. The predicted octanol–water partition coefficient (Wildman–Crippen LogP) is 16.6. The first-order chi connectivity index (χ1) is 24.9. The van der Waals surface area contributed by atoms with Gasteiger partial charge in [0.2, 0.25) is 0 Å². The molecule has 51 heavy (non-hydrogen) atoms. The second kappa shape index (κ2) is 38.0. The molecule has 1 aromatic rings. The number of para-hydroxylation sites is 1. The van der Waals surface area contributed by atoms with Crippen LogP contribution >= 0.6 is 0 Å². The van der Waals surface area contributed by atoms with Gasteiger partial charge in [-0.2, -0.15) is 21.1 Å². The Morgan fingerprint density at radius 2 is 0.863 bits per heavy atom. The Hall–Kier alpha value is -0.288. The number of quaternary nitrogens is 1. The summed E-state index contributed by atoms with van der Waals surface area (Å²) in [4.78, 5) is 1.69. The number of hydrogen-bond acceptors (Lipinski definition) is 0. The summed E-state index contributed by atoms with van der Waals surface area (Å²) in [5.41, 5.74) is 1.48. The largest absolute Gasteiger partial charge is 0.302 e. The van der Waals surface area contributed by atoms with Gasteiger partial charge in [-0.15, -0.1) is 0 Å². The zero-order valence-corrected chi connectivity index (χ0v) is 38.1. The molecule has 1 N–H and O–H groups in total. The van der Waals surface area contributed by atoms with Crippen LogP contribution in [0.5, 0.6) is 0 Å². The summed E-state index contributed by atoms with van der Waals surface area (Å²) in [5, 5.41) is 6.80. The fourth-order valence-electron chi connectivity index (χ4n) is 9.07. The van der Waals surface area contributed by atoms with Crippen molar-refractivity contribution in [1.82, 2.24) is 0 Å². The maximum absolute atomic E-state index is 2.42. The van der Waals surface area contributed by atoms with Crippen molar-refractivity contribution in [2.45, 2.75) is 250 Å². The van der Waals surface area contributed by atoms with Gasteiger partial charge in [0, 0.05) is 5.92 Å². The predicted molar refractivity (Wildman–Crippen MR) is 239 cm³/mol. The van der Waals surface area contributed by atoms with Crippen molar-refractivity contribution >= 4 is 18.8 Å². The molecule has 0 spiro atoms. The molecule has 0 bridgehead atoms. The summed E-state index contributed by atoms with van der Waals surface area (Å²) < 4.78 is 0. The number of rotatable bonds is 36. The summed E-state index contributed by atoms with van der Waals surface area (Å²) >= 11 is -1.38. The Morgan fingerprint density at radius 3 is 1.24 bits per heavy atom. The summed E-state index contributed by atoms with van der Waals surface area (Å²) in [6.45, 7) is 21.4. The van der Waals surface area contributed by atoms with Crippen molar-refractivity contribution in [3.05, 3.63) is 30.3 Å². The molecule has 0 amide bonds. The van der Waals surface area contributed by atoms with Crippen LogP contribution in [-0.2, 0) is 0 Å². The van der Waals surface area contributed by atoms with E-state index in [9.17, 15) is 0 Å². The van der Waals surface area contributed by atoms with Gasteiger partial charge in [0.1, 0.15) is 18.8 Å². The highest BCUT2D eigenvalue weighted by atomic mass is 27.2. The smallest absolute Gasteiger partial charge is 0.134 e. The van der Waals surface area contributed by atoms with E-state index in [1.54, 1.807) is 51.7 Å². The fourth-order valence-corrected chi connectivity index (χ4v) is 15.4. The van der Waals surface area contributed by atoms with Crippen LogP contribution in [0, 0.1) is 11.8 Å². The van der Waals surface area contributed by atoms with E-state index in [2.05, 4.69) is 85.7 Å². The monoisotopic (exact) mass is 728 g/mol. The molecule has 3 atom stereocenters. The van der Waals surface area contributed by atoms with Crippen LogP contribution in [-0.4, -0.2) is 26.2 Å². The minimum atomic E-state index is -1.38. The van der Waals surface area contributed by atoms with Gasteiger partial charge in [0.05, 0.1) is 13.1 Å². The molecular formula is C49H98AlN. The van der Waals surface area contributed by atoms with Crippen LogP contribution in [0.25, 0.3) is 0 Å². The third-order valence-corrected chi connectivity index (χ3v) is 19.2. The van der Waals surface area contributed by atoms with Gasteiger partial charge in [-0.3, -0.25) is 0 Å². The lowest BCUT2D eigenvalue weighted by Crippen LogP contribution is -3.08. The highest BCUT2D eigenvalue weighted by molar-refractivity contribution is 6.79. The van der Waals surface area contributed by atoms with E-state index in [-0.39, 0.29) is 0 Å². The zero-order chi connectivity index (χ0) is 37.7. The molecule has 0 aliphatic heterocycles. The third kappa shape index (κ3) is 29.7. The zero-order valence-electron chi connectivity index (χ0n) is 37.0. The SMILES string of the molecule is CCCCC(CC)CC[NH+](CC(C)CCC)c1ccccc1.CCCCCC[CH2][Al-]([CH2]CCCCCC)([CH2]CCCCCC)[CH2]CCCCCC. The molecule has 0 aromatic heterocycles. The number of hydrogen-bond donors (Lipinski definition) is 1. The fraction of sp³-hybridized carbons (Fsp3) is 0.878. The molecule has 1 rings (SSSR count). The van der Waals surface area contributed by atoms with Crippen molar-refractivity contribution in [3.63, 3.8) is 0 Å². The van der Waals surface area contributed by atoms with E-state index >= 15 is 0 Å². The minimum Gasteiger partial charge on any atom is -0.302 e. The lowest BCUT2D eigenvalue weighted by Gasteiger charge is -2.37. The van der Waals surface area contributed by atoms with E-state index in [1.165, 1.54) is 166 Å². The van der Waals surface area contributed by atoms with Gasteiger partial charge in [-0.1, -0.05) is 234 Å². The van der Waals surface area contributed by atoms with Gasteiger partial charge in [-0.05, 0) is 30.9 Å². The van der Waals surface area contributed by atoms with Gasteiger partial charge in [-0.25, -0.2) is 0 Å². The van der Waals surface area contributed by atoms with Crippen LogP contribution < -0.4 is 4.90 Å². The van der Waals surface area contributed by atoms with Crippen LogP contribution in [0.3, 0.4) is 0 Å². The molecule has 0 saturated carbocycles. The van der Waals surface area contributed by atoms with Crippen LogP contribution in [0.4, 0.5) is 5.69 Å². The number of unbranched alkanes of at least 4 members (excludes halogenated alkanes) is 17. The molecule has 302 valence electrons. The van der Waals surface area contributed by atoms with Gasteiger partial charge in [0.25, 0.3) is 0 Å². The average Bonchev–Trinajstić information content (AvgIpc) is 3.14. The summed E-state index contributed by atoms with van der Waals surface area (Å²) in [5.74, 6) is 1.73. The van der Waals surface area contributed by atoms with Gasteiger partial charge in [0.15, 0.2) is 0 Å². The molecule has 0 saturated heterocycles. The summed E-state index contributed by atoms with van der Waals surface area (Å²) in [7, 11) is 0. The second-order valence-electron chi connectivity index (χ2n) is 17.6. The molecular weight excluding hydrogens is 630 g/mol. The Labute approximate surface area is 327 Å². The van der Waals surface area contributed by atoms with Crippen LogP contribution in [0.1, 0.15) is 229 Å². The molecule has 0 radical (unpaired) electrons. The lowest BCUT2D eigenvalue weighted by molar-refractivity contribution is -0.837. The number of benzene rings is 1. The molecule has 2 heteroatoms. The molecule has 1 nitrogen and oxygen atoms in total. The molecule has 0 heterocycles. The molecule has 0 fully saturated rings. The van der Waals surface area contributed by atoms with Crippen LogP contribution in [0.2, 0.25) is 21.1 Å².